The van der Waals surface area contributed by atoms with Crippen LogP contribution in [0, 0.1) is 13.8 Å². The fraction of sp³-hybridized carbons (Fsp3) is 0.588. The molecule has 2 aromatic rings. The van der Waals surface area contributed by atoms with Gasteiger partial charge in [0.05, 0.1) is 23.8 Å². The molecule has 2 heterocycles. The van der Waals surface area contributed by atoms with Gasteiger partial charge in [-0.3, -0.25) is 14.3 Å². The van der Waals surface area contributed by atoms with Crippen molar-refractivity contribution in [1.82, 2.24) is 29.4 Å². The molecule has 0 saturated carbocycles. The van der Waals surface area contributed by atoms with E-state index in [0.29, 0.717) is 24.2 Å². The molecule has 0 radical (unpaired) electrons. The molecule has 0 aliphatic rings. The van der Waals surface area contributed by atoms with Gasteiger partial charge in [-0.1, -0.05) is 0 Å². The summed E-state index contributed by atoms with van der Waals surface area (Å²) in [6, 6.07) is -0.134. The number of amides is 1. The van der Waals surface area contributed by atoms with Crippen LogP contribution >= 0.6 is 0 Å². The summed E-state index contributed by atoms with van der Waals surface area (Å²) in [7, 11) is 1.76. The fourth-order valence-electron chi connectivity index (χ4n) is 3.06. The summed E-state index contributed by atoms with van der Waals surface area (Å²) in [5.41, 5.74) is 2.15. The van der Waals surface area contributed by atoms with Crippen molar-refractivity contribution in [2.75, 3.05) is 7.05 Å². The molecule has 25 heavy (non-hydrogen) atoms. The van der Waals surface area contributed by atoms with Crippen LogP contribution in [0.1, 0.15) is 60.8 Å². The summed E-state index contributed by atoms with van der Waals surface area (Å²) in [4.78, 5) is 25.9. The van der Waals surface area contributed by atoms with Crippen molar-refractivity contribution in [3.05, 3.63) is 29.1 Å². The molecule has 0 N–H and O–H groups in total. The van der Waals surface area contributed by atoms with Crippen LogP contribution in [0.2, 0.25) is 0 Å². The predicted molar refractivity (Wildman–Crippen MR) is 93.2 cm³/mol. The first-order chi connectivity index (χ1) is 11.8. The van der Waals surface area contributed by atoms with Crippen molar-refractivity contribution >= 4 is 11.7 Å². The summed E-state index contributed by atoms with van der Waals surface area (Å²) in [5.74, 6) is 0.752. The van der Waals surface area contributed by atoms with Crippen LogP contribution in [0.3, 0.4) is 0 Å². The highest BCUT2D eigenvalue weighted by molar-refractivity contribution is 5.96. The number of aromatic nitrogens is 5. The standard InChI is InChI=1S/C17H26N6O2/c1-7-22-10-18-19-15(22)9-21(6)16(25)8-11(2)23-13(4)17(14(5)24)12(3)20-23/h10-11H,7-9H2,1-6H3. The topological polar surface area (TPSA) is 85.9 Å². The van der Waals surface area contributed by atoms with E-state index in [4.69, 9.17) is 0 Å². The van der Waals surface area contributed by atoms with Crippen LogP contribution in [0.25, 0.3) is 0 Å². The molecule has 0 aliphatic carbocycles. The van der Waals surface area contributed by atoms with Crippen molar-refractivity contribution in [3.8, 4) is 0 Å². The number of carbonyl (C=O) groups is 2. The number of nitrogens with zero attached hydrogens (tertiary/aromatic N) is 6. The minimum Gasteiger partial charge on any atom is -0.338 e. The SMILES string of the molecule is CCn1cnnc1CN(C)C(=O)CC(C)n1nc(C)c(C(C)=O)c1C. The van der Waals surface area contributed by atoms with Gasteiger partial charge in [0.15, 0.2) is 11.6 Å². The summed E-state index contributed by atoms with van der Waals surface area (Å²) >= 11 is 0. The molecule has 0 aliphatic heterocycles. The summed E-state index contributed by atoms with van der Waals surface area (Å²) in [6.45, 7) is 10.3. The lowest BCUT2D eigenvalue weighted by atomic mass is 10.1. The highest BCUT2D eigenvalue weighted by atomic mass is 16.2. The maximum atomic E-state index is 12.5. The Morgan fingerprint density at radius 3 is 2.56 bits per heavy atom. The highest BCUT2D eigenvalue weighted by Crippen LogP contribution is 2.20. The Morgan fingerprint density at radius 2 is 2.00 bits per heavy atom. The van der Waals surface area contributed by atoms with Gasteiger partial charge >= 0.3 is 0 Å². The Balaban J connectivity index is 2.07. The molecule has 8 nitrogen and oxygen atoms in total. The predicted octanol–water partition coefficient (Wildman–Crippen LogP) is 1.92. The van der Waals surface area contributed by atoms with Gasteiger partial charge in [-0.05, 0) is 34.6 Å². The molecule has 1 amide bonds. The molecule has 1 unspecified atom stereocenters. The second kappa shape index (κ2) is 7.58. The first-order valence-electron chi connectivity index (χ1n) is 8.43. The van der Waals surface area contributed by atoms with E-state index in [0.717, 1.165) is 18.1 Å². The zero-order valence-electron chi connectivity index (χ0n) is 15.8. The second-order valence-electron chi connectivity index (χ2n) is 6.38. The Labute approximate surface area is 147 Å². The van der Waals surface area contributed by atoms with E-state index in [1.165, 1.54) is 6.92 Å². The number of hydrogen-bond acceptors (Lipinski definition) is 5. The van der Waals surface area contributed by atoms with Crippen molar-refractivity contribution in [2.24, 2.45) is 0 Å². The van der Waals surface area contributed by atoms with E-state index < -0.39 is 0 Å². The van der Waals surface area contributed by atoms with E-state index >= 15 is 0 Å². The summed E-state index contributed by atoms with van der Waals surface area (Å²) in [5, 5.41) is 12.4. The van der Waals surface area contributed by atoms with Gasteiger partial charge in [0.2, 0.25) is 5.91 Å². The van der Waals surface area contributed by atoms with Crippen molar-refractivity contribution in [1.29, 1.82) is 0 Å². The monoisotopic (exact) mass is 346 g/mol. The van der Waals surface area contributed by atoms with Crippen molar-refractivity contribution in [2.45, 2.75) is 60.2 Å². The lowest BCUT2D eigenvalue weighted by molar-refractivity contribution is -0.131. The van der Waals surface area contributed by atoms with Crippen LogP contribution in [-0.2, 0) is 17.9 Å². The quantitative estimate of drug-likeness (QED) is 0.715. The first kappa shape index (κ1) is 18.8. The maximum absolute atomic E-state index is 12.5. The van der Waals surface area contributed by atoms with Gasteiger partial charge in [0, 0.05) is 25.7 Å². The van der Waals surface area contributed by atoms with Crippen LogP contribution in [0.4, 0.5) is 0 Å². The summed E-state index contributed by atoms with van der Waals surface area (Å²) in [6.07, 6.45) is 1.96. The molecule has 0 saturated heterocycles. The molecule has 8 heteroatoms. The number of ketones is 1. The Bertz CT molecular complexity index is 776. The third-order valence-electron chi connectivity index (χ3n) is 4.41. The molecule has 1 atom stereocenters. The normalized spacial score (nSPS) is 12.2. The first-order valence-corrected chi connectivity index (χ1v) is 8.43. The maximum Gasteiger partial charge on any atom is 0.224 e. The number of rotatable bonds is 7. The van der Waals surface area contributed by atoms with Crippen molar-refractivity contribution in [3.63, 3.8) is 0 Å². The molecule has 2 rings (SSSR count). The smallest absolute Gasteiger partial charge is 0.224 e. The van der Waals surface area contributed by atoms with E-state index in [2.05, 4.69) is 15.3 Å². The van der Waals surface area contributed by atoms with Crippen LogP contribution in [0.15, 0.2) is 6.33 Å². The average Bonchev–Trinajstić information content (AvgIpc) is 3.10. The zero-order valence-corrected chi connectivity index (χ0v) is 15.8. The number of hydrogen-bond donors (Lipinski definition) is 0. The number of carbonyl (C=O) groups excluding carboxylic acids is 2. The minimum atomic E-state index is -0.134. The van der Waals surface area contributed by atoms with Crippen LogP contribution < -0.4 is 0 Å². The third kappa shape index (κ3) is 3.94. The zero-order chi connectivity index (χ0) is 18.7. The lowest BCUT2D eigenvalue weighted by Crippen LogP contribution is -2.29. The van der Waals surface area contributed by atoms with Gasteiger partial charge in [0.1, 0.15) is 6.33 Å². The molecular formula is C17H26N6O2. The van der Waals surface area contributed by atoms with E-state index in [1.54, 1.807) is 23.0 Å². The molecule has 0 bridgehead atoms. The largest absolute Gasteiger partial charge is 0.338 e. The van der Waals surface area contributed by atoms with Crippen LogP contribution in [0.5, 0.6) is 0 Å². The number of Topliss-reactive ketones (excluding diaryl/α,β-unsaturated/α-hetero) is 1. The number of aryl methyl sites for hydroxylation is 2. The van der Waals surface area contributed by atoms with Crippen LogP contribution in [-0.4, -0.2) is 48.2 Å². The van der Waals surface area contributed by atoms with E-state index in [-0.39, 0.29) is 17.7 Å². The molecular weight excluding hydrogens is 320 g/mol. The van der Waals surface area contributed by atoms with E-state index in [9.17, 15) is 9.59 Å². The van der Waals surface area contributed by atoms with Gasteiger partial charge in [-0.2, -0.15) is 5.10 Å². The summed E-state index contributed by atoms with van der Waals surface area (Å²) < 4.78 is 3.68. The average molecular weight is 346 g/mol. The van der Waals surface area contributed by atoms with Gasteiger partial charge in [-0.15, -0.1) is 10.2 Å². The Kier molecular flexibility index (Phi) is 5.71. The molecule has 0 aromatic carbocycles. The highest BCUT2D eigenvalue weighted by Gasteiger charge is 2.22. The second-order valence-corrected chi connectivity index (χ2v) is 6.38. The third-order valence-corrected chi connectivity index (χ3v) is 4.41. The lowest BCUT2D eigenvalue weighted by Gasteiger charge is -2.20. The molecule has 136 valence electrons. The van der Waals surface area contributed by atoms with Crippen molar-refractivity contribution < 1.29 is 9.59 Å². The Hall–Kier alpha value is -2.51. The molecule has 0 fully saturated rings. The molecule has 2 aromatic heterocycles. The Morgan fingerprint density at radius 1 is 1.32 bits per heavy atom. The fourth-order valence-corrected chi connectivity index (χ4v) is 3.06. The minimum absolute atomic E-state index is 0.00389. The van der Waals surface area contributed by atoms with Gasteiger partial charge in [-0.25, -0.2) is 0 Å². The van der Waals surface area contributed by atoms with E-state index in [1.807, 2.05) is 32.3 Å². The van der Waals surface area contributed by atoms with Gasteiger partial charge < -0.3 is 9.47 Å². The molecule has 0 spiro atoms. The van der Waals surface area contributed by atoms with Gasteiger partial charge in [0.25, 0.3) is 0 Å².